The molecule has 3 amide bonds. The molecule has 2 saturated heterocycles. The number of morpholine rings is 1. The minimum Gasteiger partial charge on any atom is -0.378 e. The Morgan fingerprint density at radius 1 is 0.923 bits per heavy atom. The lowest BCUT2D eigenvalue weighted by Gasteiger charge is -2.38. The van der Waals surface area contributed by atoms with Crippen molar-refractivity contribution < 1.29 is 14.3 Å². The van der Waals surface area contributed by atoms with Gasteiger partial charge in [0.05, 0.1) is 19.6 Å². The topological polar surface area (TPSA) is 68.9 Å². The molecule has 26 heavy (non-hydrogen) atoms. The van der Waals surface area contributed by atoms with Crippen molar-refractivity contribution >= 4 is 22.8 Å². The van der Waals surface area contributed by atoms with Crippen LogP contribution >= 0.6 is 0 Å². The molecular formula is C19H24N4O3. The van der Waals surface area contributed by atoms with Crippen molar-refractivity contribution in [2.45, 2.75) is 6.42 Å². The molecule has 0 saturated carbocycles. The number of nitrogens with one attached hydrogen (secondary N) is 1. The zero-order valence-electron chi connectivity index (χ0n) is 14.8. The summed E-state index contributed by atoms with van der Waals surface area (Å²) in [6.07, 6.45) is 2.31. The molecule has 2 aliphatic heterocycles. The number of aromatic amines is 1. The molecular weight excluding hydrogens is 332 g/mol. The van der Waals surface area contributed by atoms with Gasteiger partial charge in [0.1, 0.15) is 0 Å². The van der Waals surface area contributed by atoms with Crippen molar-refractivity contribution in [3.63, 3.8) is 0 Å². The molecule has 138 valence electrons. The quantitative estimate of drug-likeness (QED) is 0.882. The van der Waals surface area contributed by atoms with Crippen LogP contribution in [0.2, 0.25) is 0 Å². The highest BCUT2D eigenvalue weighted by Gasteiger charge is 2.28. The first-order chi connectivity index (χ1) is 12.7. The van der Waals surface area contributed by atoms with Gasteiger partial charge in [-0.25, -0.2) is 4.79 Å². The lowest BCUT2D eigenvalue weighted by Crippen LogP contribution is -2.55. The Morgan fingerprint density at radius 3 is 2.35 bits per heavy atom. The molecule has 2 aliphatic rings. The first-order valence-electron chi connectivity index (χ1n) is 9.17. The number of hydrogen-bond acceptors (Lipinski definition) is 3. The highest BCUT2D eigenvalue weighted by molar-refractivity contribution is 5.89. The second-order valence-corrected chi connectivity index (χ2v) is 6.79. The van der Waals surface area contributed by atoms with Gasteiger partial charge >= 0.3 is 6.03 Å². The maximum Gasteiger partial charge on any atom is 0.320 e. The van der Waals surface area contributed by atoms with E-state index in [2.05, 4.69) is 4.98 Å². The number of carbonyl (C=O) groups is 2. The SMILES string of the molecule is O=C(Cc1c[nH]c2ccccc12)N1CCN(C(=O)N2CCOCC2)CC1. The van der Waals surface area contributed by atoms with Gasteiger partial charge in [0.15, 0.2) is 0 Å². The highest BCUT2D eigenvalue weighted by Crippen LogP contribution is 2.19. The number of ether oxygens (including phenoxy) is 1. The zero-order chi connectivity index (χ0) is 17.9. The molecule has 0 bridgehead atoms. The van der Waals surface area contributed by atoms with Crippen LogP contribution in [-0.2, 0) is 16.0 Å². The number of carbonyl (C=O) groups excluding carboxylic acids is 2. The number of benzene rings is 1. The van der Waals surface area contributed by atoms with E-state index in [1.807, 2.05) is 45.2 Å². The number of piperazine rings is 1. The molecule has 0 aliphatic carbocycles. The largest absolute Gasteiger partial charge is 0.378 e. The Balaban J connectivity index is 1.32. The molecule has 0 spiro atoms. The second kappa shape index (κ2) is 7.37. The van der Waals surface area contributed by atoms with E-state index in [1.54, 1.807) is 0 Å². The Kier molecular flexibility index (Phi) is 4.79. The van der Waals surface area contributed by atoms with Crippen LogP contribution in [0.1, 0.15) is 5.56 Å². The average molecular weight is 356 g/mol. The van der Waals surface area contributed by atoms with Gasteiger partial charge in [0, 0.05) is 56.4 Å². The third-order valence-corrected chi connectivity index (χ3v) is 5.20. The van der Waals surface area contributed by atoms with Crippen molar-refractivity contribution in [2.75, 3.05) is 52.5 Å². The fourth-order valence-electron chi connectivity index (χ4n) is 3.65. The maximum absolute atomic E-state index is 12.7. The standard InChI is InChI=1S/C19H24N4O3/c24-18(13-15-14-20-17-4-2-1-3-16(15)17)21-5-7-22(8-6-21)19(25)23-9-11-26-12-10-23/h1-4,14,20H,5-13H2. The lowest BCUT2D eigenvalue weighted by atomic mass is 10.1. The second-order valence-electron chi connectivity index (χ2n) is 6.79. The van der Waals surface area contributed by atoms with Crippen LogP contribution in [0.15, 0.2) is 30.5 Å². The summed E-state index contributed by atoms with van der Waals surface area (Å²) in [4.78, 5) is 34.0. The smallest absolute Gasteiger partial charge is 0.320 e. The minimum absolute atomic E-state index is 0.0667. The first-order valence-corrected chi connectivity index (χ1v) is 9.17. The summed E-state index contributed by atoms with van der Waals surface area (Å²) >= 11 is 0. The summed E-state index contributed by atoms with van der Waals surface area (Å²) in [5.41, 5.74) is 2.08. The number of hydrogen-bond donors (Lipinski definition) is 1. The summed E-state index contributed by atoms with van der Waals surface area (Å²) in [5.74, 6) is 0.119. The van der Waals surface area contributed by atoms with Crippen LogP contribution in [0.5, 0.6) is 0 Å². The summed E-state index contributed by atoms with van der Waals surface area (Å²) in [7, 11) is 0. The summed E-state index contributed by atoms with van der Waals surface area (Å²) in [5, 5.41) is 1.10. The van der Waals surface area contributed by atoms with E-state index in [4.69, 9.17) is 4.74 Å². The zero-order valence-corrected chi connectivity index (χ0v) is 14.8. The third kappa shape index (κ3) is 3.39. The number of fused-ring (bicyclic) bond motifs is 1. The number of urea groups is 1. The van der Waals surface area contributed by atoms with Gasteiger partial charge in [-0.3, -0.25) is 4.79 Å². The predicted octanol–water partition coefficient (Wildman–Crippen LogP) is 1.31. The van der Waals surface area contributed by atoms with Crippen molar-refractivity contribution in [3.8, 4) is 0 Å². The van der Waals surface area contributed by atoms with Crippen LogP contribution in [0, 0.1) is 0 Å². The van der Waals surface area contributed by atoms with E-state index in [-0.39, 0.29) is 11.9 Å². The molecule has 0 radical (unpaired) electrons. The van der Waals surface area contributed by atoms with Crippen LogP contribution in [0.3, 0.4) is 0 Å². The van der Waals surface area contributed by atoms with Gasteiger partial charge in [0.25, 0.3) is 0 Å². The van der Waals surface area contributed by atoms with Gasteiger partial charge in [-0.15, -0.1) is 0 Å². The average Bonchev–Trinajstić information content (AvgIpc) is 3.11. The van der Waals surface area contributed by atoms with Crippen molar-refractivity contribution in [1.82, 2.24) is 19.7 Å². The van der Waals surface area contributed by atoms with Gasteiger partial charge in [0.2, 0.25) is 5.91 Å². The van der Waals surface area contributed by atoms with E-state index in [1.165, 1.54) is 0 Å². The molecule has 0 unspecified atom stereocenters. The summed E-state index contributed by atoms with van der Waals surface area (Å²) < 4.78 is 5.30. The number of amides is 3. The van der Waals surface area contributed by atoms with Crippen LogP contribution in [0.25, 0.3) is 10.9 Å². The molecule has 2 fully saturated rings. The lowest BCUT2D eigenvalue weighted by molar-refractivity contribution is -0.131. The molecule has 7 heteroatoms. The number of aromatic nitrogens is 1. The maximum atomic E-state index is 12.7. The highest BCUT2D eigenvalue weighted by atomic mass is 16.5. The Hall–Kier alpha value is -2.54. The minimum atomic E-state index is 0.0667. The van der Waals surface area contributed by atoms with E-state index in [0.29, 0.717) is 58.9 Å². The Labute approximate surface area is 152 Å². The summed E-state index contributed by atoms with van der Waals surface area (Å²) in [6, 6.07) is 8.08. The number of rotatable bonds is 2. The molecule has 4 rings (SSSR count). The van der Waals surface area contributed by atoms with Gasteiger partial charge < -0.3 is 24.4 Å². The van der Waals surface area contributed by atoms with Crippen molar-refractivity contribution in [1.29, 1.82) is 0 Å². The third-order valence-electron chi connectivity index (χ3n) is 5.20. The summed E-state index contributed by atoms with van der Waals surface area (Å²) in [6.45, 7) is 4.89. The van der Waals surface area contributed by atoms with Crippen LogP contribution < -0.4 is 0 Å². The molecule has 7 nitrogen and oxygen atoms in total. The monoisotopic (exact) mass is 356 g/mol. The van der Waals surface area contributed by atoms with Gasteiger partial charge in [-0.05, 0) is 11.6 Å². The van der Waals surface area contributed by atoms with Crippen LogP contribution in [0.4, 0.5) is 4.79 Å². The molecule has 1 N–H and O–H groups in total. The Bertz CT molecular complexity index is 789. The molecule has 3 heterocycles. The number of nitrogens with zero attached hydrogens (tertiary/aromatic N) is 3. The number of H-pyrrole nitrogens is 1. The molecule has 1 aromatic carbocycles. The molecule has 2 aromatic rings. The normalized spacial score (nSPS) is 18.4. The van der Waals surface area contributed by atoms with Gasteiger partial charge in [-0.1, -0.05) is 18.2 Å². The van der Waals surface area contributed by atoms with E-state index in [0.717, 1.165) is 16.5 Å². The fourth-order valence-corrected chi connectivity index (χ4v) is 3.65. The Morgan fingerprint density at radius 2 is 1.58 bits per heavy atom. The van der Waals surface area contributed by atoms with E-state index < -0.39 is 0 Å². The predicted molar refractivity (Wildman–Crippen MR) is 97.9 cm³/mol. The first kappa shape index (κ1) is 16.9. The van der Waals surface area contributed by atoms with Crippen molar-refractivity contribution in [2.24, 2.45) is 0 Å². The van der Waals surface area contributed by atoms with Gasteiger partial charge in [-0.2, -0.15) is 0 Å². The molecule has 1 aromatic heterocycles. The van der Waals surface area contributed by atoms with E-state index >= 15 is 0 Å². The molecule has 0 atom stereocenters. The fraction of sp³-hybridized carbons (Fsp3) is 0.474. The van der Waals surface area contributed by atoms with E-state index in [9.17, 15) is 9.59 Å². The number of para-hydroxylation sites is 1. The van der Waals surface area contributed by atoms with Crippen LogP contribution in [-0.4, -0.2) is 84.1 Å². The van der Waals surface area contributed by atoms with Crippen molar-refractivity contribution in [3.05, 3.63) is 36.0 Å².